The van der Waals surface area contributed by atoms with Crippen molar-refractivity contribution in [1.82, 2.24) is 4.90 Å². The molecule has 0 bridgehead atoms. The summed E-state index contributed by atoms with van der Waals surface area (Å²) in [7, 11) is 0. The Morgan fingerprint density at radius 3 is 1.42 bits per heavy atom. The van der Waals surface area contributed by atoms with E-state index in [0.29, 0.717) is 5.41 Å². The molecular weight excluding hydrogens is 290 g/mol. The molecule has 0 rings (SSSR count). The van der Waals surface area contributed by atoms with Gasteiger partial charge in [0.05, 0.1) is 0 Å². The molecule has 0 saturated carbocycles. The second-order valence-corrected chi connectivity index (χ2v) is 8.76. The predicted octanol–water partition coefficient (Wildman–Crippen LogP) is 7.40. The standard InChI is InChI=1S/C23H49N/c1-10-13-14-15-16-17-18-22(24(11-2)12-3)23(19(4)5,20(6)7)21(8)9/h19-22H,10-18H2,1-9H3. The first-order valence-corrected chi connectivity index (χ1v) is 11.0. The van der Waals surface area contributed by atoms with E-state index in [-0.39, 0.29) is 0 Å². The van der Waals surface area contributed by atoms with Crippen molar-refractivity contribution in [1.29, 1.82) is 0 Å². The van der Waals surface area contributed by atoms with E-state index in [1.807, 2.05) is 0 Å². The summed E-state index contributed by atoms with van der Waals surface area (Å²) < 4.78 is 0. The van der Waals surface area contributed by atoms with Gasteiger partial charge in [-0.2, -0.15) is 0 Å². The van der Waals surface area contributed by atoms with Crippen LogP contribution in [-0.4, -0.2) is 24.0 Å². The quantitative estimate of drug-likeness (QED) is 0.298. The number of hydrogen-bond donors (Lipinski definition) is 0. The molecule has 0 radical (unpaired) electrons. The van der Waals surface area contributed by atoms with Crippen molar-refractivity contribution in [3.63, 3.8) is 0 Å². The summed E-state index contributed by atoms with van der Waals surface area (Å²) in [6.07, 6.45) is 9.81. The summed E-state index contributed by atoms with van der Waals surface area (Å²) in [6.45, 7) is 24.2. The third kappa shape index (κ3) is 6.04. The van der Waals surface area contributed by atoms with Crippen molar-refractivity contribution in [3.8, 4) is 0 Å². The summed E-state index contributed by atoms with van der Waals surface area (Å²) in [5, 5.41) is 0. The van der Waals surface area contributed by atoms with E-state index in [0.717, 1.165) is 23.8 Å². The lowest BCUT2D eigenvalue weighted by Gasteiger charge is -2.54. The molecule has 0 fully saturated rings. The van der Waals surface area contributed by atoms with Gasteiger partial charge in [0.15, 0.2) is 0 Å². The first kappa shape index (κ1) is 24.0. The lowest BCUT2D eigenvalue weighted by atomic mass is 9.56. The molecule has 24 heavy (non-hydrogen) atoms. The Hall–Kier alpha value is -0.0400. The SMILES string of the molecule is CCCCCCCCC(N(CC)CC)C(C(C)C)(C(C)C)C(C)C. The Labute approximate surface area is 155 Å². The zero-order valence-electron chi connectivity index (χ0n) is 18.6. The summed E-state index contributed by atoms with van der Waals surface area (Å²) in [5.41, 5.74) is 0.412. The van der Waals surface area contributed by atoms with Crippen LogP contribution in [0.5, 0.6) is 0 Å². The molecule has 1 heteroatoms. The van der Waals surface area contributed by atoms with Crippen LogP contribution < -0.4 is 0 Å². The van der Waals surface area contributed by atoms with Gasteiger partial charge in [0, 0.05) is 6.04 Å². The molecule has 0 amide bonds. The van der Waals surface area contributed by atoms with E-state index in [2.05, 4.69) is 67.2 Å². The fraction of sp³-hybridized carbons (Fsp3) is 1.00. The molecule has 0 aromatic rings. The van der Waals surface area contributed by atoms with Crippen LogP contribution in [0.4, 0.5) is 0 Å². The fourth-order valence-corrected chi connectivity index (χ4v) is 5.69. The fourth-order valence-electron chi connectivity index (χ4n) is 5.69. The van der Waals surface area contributed by atoms with E-state index in [9.17, 15) is 0 Å². The van der Waals surface area contributed by atoms with Crippen molar-refractivity contribution in [3.05, 3.63) is 0 Å². The zero-order chi connectivity index (χ0) is 18.8. The Bertz CT molecular complexity index is 267. The number of unbranched alkanes of at least 4 members (excludes halogenated alkanes) is 5. The molecule has 0 aliphatic rings. The summed E-state index contributed by atoms with van der Waals surface area (Å²) >= 11 is 0. The van der Waals surface area contributed by atoms with Crippen LogP contribution in [-0.2, 0) is 0 Å². The highest BCUT2D eigenvalue weighted by Crippen LogP contribution is 2.49. The summed E-state index contributed by atoms with van der Waals surface area (Å²) in [5.74, 6) is 2.18. The molecule has 0 aromatic heterocycles. The number of rotatable bonds is 14. The van der Waals surface area contributed by atoms with E-state index in [1.54, 1.807) is 0 Å². The van der Waals surface area contributed by atoms with E-state index in [1.165, 1.54) is 58.0 Å². The topological polar surface area (TPSA) is 3.24 Å². The minimum atomic E-state index is 0.412. The molecule has 1 nitrogen and oxygen atoms in total. The van der Waals surface area contributed by atoms with Crippen LogP contribution in [0.3, 0.4) is 0 Å². The second kappa shape index (κ2) is 12.3. The van der Waals surface area contributed by atoms with Gasteiger partial charge in [0.1, 0.15) is 0 Å². The zero-order valence-corrected chi connectivity index (χ0v) is 18.6. The molecule has 0 aliphatic carbocycles. The molecule has 0 spiro atoms. The normalized spacial score (nSPS) is 14.4. The molecule has 1 atom stereocenters. The van der Waals surface area contributed by atoms with Crippen molar-refractivity contribution in [2.75, 3.05) is 13.1 Å². The highest BCUT2D eigenvalue weighted by Gasteiger charge is 2.47. The van der Waals surface area contributed by atoms with Crippen LogP contribution in [0.1, 0.15) is 107 Å². The summed E-state index contributed by atoms with van der Waals surface area (Å²) in [6, 6.07) is 0.721. The average Bonchev–Trinajstić information content (AvgIpc) is 2.50. The van der Waals surface area contributed by atoms with Gasteiger partial charge < -0.3 is 4.90 Å². The molecule has 146 valence electrons. The van der Waals surface area contributed by atoms with Crippen LogP contribution in [0, 0.1) is 23.2 Å². The molecule has 0 N–H and O–H groups in total. The van der Waals surface area contributed by atoms with Gasteiger partial charge in [-0.05, 0) is 42.7 Å². The molecule has 0 aliphatic heterocycles. The highest BCUT2D eigenvalue weighted by atomic mass is 15.2. The molecule has 0 aromatic carbocycles. The second-order valence-electron chi connectivity index (χ2n) is 8.76. The molecule has 0 saturated heterocycles. The Balaban J connectivity index is 5.26. The minimum Gasteiger partial charge on any atom is -0.300 e. The van der Waals surface area contributed by atoms with Crippen molar-refractivity contribution in [2.24, 2.45) is 23.2 Å². The maximum absolute atomic E-state index is 2.77. The first-order chi connectivity index (χ1) is 11.3. The van der Waals surface area contributed by atoms with Gasteiger partial charge >= 0.3 is 0 Å². The Morgan fingerprint density at radius 1 is 0.625 bits per heavy atom. The van der Waals surface area contributed by atoms with Crippen LogP contribution in [0.15, 0.2) is 0 Å². The van der Waals surface area contributed by atoms with E-state index in [4.69, 9.17) is 0 Å². The lowest BCUT2D eigenvalue weighted by Crippen LogP contribution is -2.56. The van der Waals surface area contributed by atoms with Crippen molar-refractivity contribution in [2.45, 2.75) is 113 Å². The third-order valence-corrected chi connectivity index (χ3v) is 6.66. The molecular formula is C23H49N. The molecule has 1 unspecified atom stereocenters. The van der Waals surface area contributed by atoms with Gasteiger partial charge in [0.2, 0.25) is 0 Å². The summed E-state index contributed by atoms with van der Waals surface area (Å²) in [4.78, 5) is 2.77. The first-order valence-electron chi connectivity index (χ1n) is 11.0. The van der Waals surface area contributed by atoms with Gasteiger partial charge in [-0.1, -0.05) is 101 Å². The van der Waals surface area contributed by atoms with Crippen LogP contribution >= 0.6 is 0 Å². The number of nitrogens with zero attached hydrogens (tertiary/aromatic N) is 1. The largest absolute Gasteiger partial charge is 0.300 e. The lowest BCUT2D eigenvalue weighted by molar-refractivity contribution is -0.0540. The van der Waals surface area contributed by atoms with Crippen molar-refractivity contribution < 1.29 is 0 Å². The van der Waals surface area contributed by atoms with Crippen molar-refractivity contribution >= 4 is 0 Å². The molecule has 0 heterocycles. The monoisotopic (exact) mass is 339 g/mol. The van der Waals surface area contributed by atoms with Gasteiger partial charge in [-0.25, -0.2) is 0 Å². The van der Waals surface area contributed by atoms with E-state index < -0.39 is 0 Å². The predicted molar refractivity (Wildman–Crippen MR) is 112 cm³/mol. The van der Waals surface area contributed by atoms with Gasteiger partial charge in [0.25, 0.3) is 0 Å². The van der Waals surface area contributed by atoms with Crippen LogP contribution in [0.2, 0.25) is 0 Å². The highest BCUT2D eigenvalue weighted by molar-refractivity contribution is 4.98. The maximum atomic E-state index is 2.77. The van der Waals surface area contributed by atoms with Gasteiger partial charge in [-0.15, -0.1) is 0 Å². The third-order valence-electron chi connectivity index (χ3n) is 6.66. The average molecular weight is 340 g/mol. The maximum Gasteiger partial charge on any atom is 0.0159 e. The minimum absolute atomic E-state index is 0.412. The Morgan fingerprint density at radius 2 is 1.04 bits per heavy atom. The van der Waals surface area contributed by atoms with E-state index >= 15 is 0 Å². The number of hydrogen-bond acceptors (Lipinski definition) is 1. The van der Waals surface area contributed by atoms with Gasteiger partial charge in [-0.3, -0.25) is 0 Å². The Kier molecular flexibility index (Phi) is 12.3. The van der Waals surface area contributed by atoms with Crippen LogP contribution in [0.25, 0.3) is 0 Å². The smallest absolute Gasteiger partial charge is 0.0159 e.